The van der Waals surface area contributed by atoms with Crippen molar-refractivity contribution in [2.45, 2.75) is 31.9 Å². The van der Waals surface area contributed by atoms with Crippen LogP contribution in [0.2, 0.25) is 5.02 Å². The van der Waals surface area contributed by atoms with Gasteiger partial charge < -0.3 is 14.8 Å². The van der Waals surface area contributed by atoms with Crippen LogP contribution in [0.4, 0.5) is 0 Å². The summed E-state index contributed by atoms with van der Waals surface area (Å²) in [7, 11) is 1.67. The van der Waals surface area contributed by atoms with Crippen molar-refractivity contribution in [2.75, 3.05) is 26.7 Å². The molecule has 0 aliphatic carbocycles. The van der Waals surface area contributed by atoms with Crippen molar-refractivity contribution in [3.63, 3.8) is 0 Å². The number of ether oxygens (including phenoxy) is 2. The molecule has 0 bridgehead atoms. The molecule has 0 aromatic heterocycles. The summed E-state index contributed by atoms with van der Waals surface area (Å²) in [5, 5.41) is 3.69. The number of rotatable bonds is 8. The van der Waals surface area contributed by atoms with Crippen LogP contribution in [0, 0.1) is 0 Å². The largest absolute Gasteiger partial charge is 0.497 e. The predicted molar refractivity (Wildman–Crippen MR) is 111 cm³/mol. The van der Waals surface area contributed by atoms with Crippen molar-refractivity contribution < 1.29 is 14.3 Å². The molecule has 1 fully saturated rings. The smallest absolute Gasteiger partial charge is 0.260 e. The molecule has 2 unspecified atom stereocenters. The fraction of sp³-hybridized carbons (Fsp3) is 0.409. The quantitative estimate of drug-likeness (QED) is 0.723. The molecule has 6 heteroatoms. The lowest BCUT2D eigenvalue weighted by Gasteiger charge is -2.29. The molecule has 5 nitrogen and oxygen atoms in total. The SMILES string of the molecule is COc1cccc(C(CNC(=O)C(C)Oc2ccc(Cl)cc2)N2CCCC2)c1. The molecular weight excluding hydrogens is 376 g/mol. The molecule has 2 aromatic carbocycles. The summed E-state index contributed by atoms with van der Waals surface area (Å²) in [5.41, 5.74) is 1.15. The van der Waals surface area contributed by atoms with Crippen LogP contribution in [0.5, 0.6) is 11.5 Å². The second-order valence-electron chi connectivity index (χ2n) is 6.99. The Morgan fingerprint density at radius 2 is 1.86 bits per heavy atom. The molecule has 0 radical (unpaired) electrons. The van der Waals surface area contributed by atoms with E-state index in [2.05, 4.69) is 16.3 Å². The molecule has 2 atom stereocenters. The Balaban J connectivity index is 1.63. The van der Waals surface area contributed by atoms with E-state index >= 15 is 0 Å². The maximum absolute atomic E-state index is 12.6. The zero-order valence-corrected chi connectivity index (χ0v) is 17.1. The third-order valence-electron chi connectivity index (χ3n) is 5.03. The van der Waals surface area contributed by atoms with E-state index < -0.39 is 6.10 Å². The average molecular weight is 403 g/mol. The van der Waals surface area contributed by atoms with E-state index in [1.165, 1.54) is 12.8 Å². The van der Waals surface area contributed by atoms with E-state index in [-0.39, 0.29) is 11.9 Å². The van der Waals surface area contributed by atoms with Crippen molar-refractivity contribution in [3.05, 3.63) is 59.1 Å². The van der Waals surface area contributed by atoms with E-state index in [0.29, 0.717) is 17.3 Å². The Morgan fingerprint density at radius 3 is 2.54 bits per heavy atom. The summed E-state index contributed by atoms with van der Waals surface area (Å²) in [6.07, 6.45) is 1.78. The molecule has 0 spiro atoms. The lowest BCUT2D eigenvalue weighted by molar-refractivity contribution is -0.127. The Hall–Kier alpha value is -2.24. The number of carbonyl (C=O) groups is 1. The maximum Gasteiger partial charge on any atom is 0.260 e. The summed E-state index contributed by atoms with van der Waals surface area (Å²) >= 11 is 5.89. The fourth-order valence-corrected chi connectivity index (χ4v) is 3.60. The number of benzene rings is 2. The number of nitrogens with zero attached hydrogens (tertiary/aromatic N) is 1. The number of amides is 1. The van der Waals surface area contributed by atoms with Gasteiger partial charge in [0.1, 0.15) is 11.5 Å². The molecule has 1 saturated heterocycles. The minimum absolute atomic E-state index is 0.115. The van der Waals surface area contributed by atoms with Gasteiger partial charge in [-0.25, -0.2) is 0 Å². The van der Waals surface area contributed by atoms with E-state index in [0.717, 1.165) is 24.4 Å². The van der Waals surface area contributed by atoms with Crippen molar-refractivity contribution in [3.8, 4) is 11.5 Å². The number of nitrogens with one attached hydrogen (secondary N) is 1. The number of likely N-dealkylation sites (tertiary alicyclic amines) is 1. The van der Waals surface area contributed by atoms with Gasteiger partial charge >= 0.3 is 0 Å². The summed E-state index contributed by atoms with van der Waals surface area (Å²) in [6, 6.07) is 15.2. The van der Waals surface area contributed by atoms with E-state index in [1.807, 2.05) is 18.2 Å². The molecule has 1 heterocycles. The van der Waals surface area contributed by atoms with Gasteiger partial charge in [-0.05, 0) is 74.8 Å². The van der Waals surface area contributed by atoms with E-state index in [4.69, 9.17) is 21.1 Å². The van der Waals surface area contributed by atoms with Crippen molar-refractivity contribution >= 4 is 17.5 Å². The lowest BCUT2D eigenvalue weighted by Crippen LogP contribution is -2.42. The van der Waals surface area contributed by atoms with Gasteiger partial charge in [0.05, 0.1) is 13.2 Å². The minimum atomic E-state index is -0.592. The summed E-state index contributed by atoms with van der Waals surface area (Å²) in [6.45, 7) is 4.35. The highest BCUT2D eigenvalue weighted by atomic mass is 35.5. The maximum atomic E-state index is 12.6. The Bertz CT molecular complexity index is 776. The predicted octanol–water partition coefficient (Wildman–Crippen LogP) is 4.07. The lowest BCUT2D eigenvalue weighted by atomic mass is 10.0. The first-order valence-corrected chi connectivity index (χ1v) is 10.0. The van der Waals surface area contributed by atoms with Crippen LogP contribution in [0.15, 0.2) is 48.5 Å². The second-order valence-corrected chi connectivity index (χ2v) is 7.43. The van der Waals surface area contributed by atoms with Gasteiger partial charge in [-0.2, -0.15) is 0 Å². The molecule has 1 aliphatic heterocycles. The zero-order chi connectivity index (χ0) is 19.9. The van der Waals surface area contributed by atoms with Crippen LogP contribution in [-0.4, -0.2) is 43.7 Å². The first kappa shape index (κ1) is 20.5. The summed E-state index contributed by atoms with van der Waals surface area (Å²) in [5.74, 6) is 1.31. The average Bonchev–Trinajstić information content (AvgIpc) is 3.24. The monoisotopic (exact) mass is 402 g/mol. The highest BCUT2D eigenvalue weighted by Crippen LogP contribution is 2.27. The zero-order valence-electron chi connectivity index (χ0n) is 16.4. The molecule has 3 rings (SSSR count). The number of carbonyl (C=O) groups excluding carboxylic acids is 1. The van der Waals surface area contributed by atoms with Crippen LogP contribution < -0.4 is 14.8 Å². The molecule has 1 amide bonds. The summed E-state index contributed by atoms with van der Waals surface area (Å²) in [4.78, 5) is 15.0. The van der Waals surface area contributed by atoms with Gasteiger partial charge in [0.25, 0.3) is 5.91 Å². The number of hydrogen-bond donors (Lipinski definition) is 1. The van der Waals surface area contributed by atoms with Crippen LogP contribution in [0.25, 0.3) is 0 Å². The molecule has 2 aromatic rings. The minimum Gasteiger partial charge on any atom is -0.497 e. The molecule has 1 N–H and O–H groups in total. The first-order valence-electron chi connectivity index (χ1n) is 9.65. The number of halogens is 1. The molecule has 1 aliphatic rings. The van der Waals surface area contributed by atoms with Crippen LogP contribution in [-0.2, 0) is 4.79 Å². The normalized spacial score (nSPS) is 16.4. The molecule has 150 valence electrons. The van der Waals surface area contributed by atoms with Gasteiger partial charge in [-0.3, -0.25) is 9.69 Å². The topological polar surface area (TPSA) is 50.8 Å². The molecule has 0 saturated carbocycles. The first-order chi connectivity index (χ1) is 13.6. The standard InChI is InChI=1S/C22H27ClN2O3/c1-16(28-19-10-8-18(23)9-11-19)22(26)24-15-21(25-12-3-4-13-25)17-6-5-7-20(14-17)27-2/h5-11,14,16,21H,3-4,12-13,15H2,1-2H3,(H,24,26). The van der Waals surface area contributed by atoms with E-state index in [1.54, 1.807) is 38.3 Å². The van der Waals surface area contributed by atoms with Crippen molar-refractivity contribution in [2.24, 2.45) is 0 Å². The highest BCUT2D eigenvalue weighted by molar-refractivity contribution is 6.30. The van der Waals surface area contributed by atoms with Gasteiger partial charge in [-0.1, -0.05) is 23.7 Å². The second kappa shape index (κ2) is 9.80. The highest BCUT2D eigenvalue weighted by Gasteiger charge is 2.25. The van der Waals surface area contributed by atoms with Gasteiger partial charge in [0.15, 0.2) is 6.10 Å². The Kier molecular flexibility index (Phi) is 7.18. The van der Waals surface area contributed by atoms with Crippen LogP contribution >= 0.6 is 11.6 Å². The van der Waals surface area contributed by atoms with Gasteiger partial charge in [0.2, 0.25) is 0 Å². The van der Waals surface area contributed by atoms with E-state index in [9.17, 15) is 4.79 Å². The molecular formula is C22H27ClN2O3. The summed E-state index contributed by atoms with van der Waals surface area (Å²) < 4.78 is 11.1. The van der Waals surface area contributed by atoms with Crippen LogP contribution in [0.3, 0.4) is 0 Å². The number of methoxy groups -OCH3 is 1. The third-order valence-corrected chi connectivity index (χ3v) is 5.28. The van der Waals surface area contributed by atoms with Gasteiger partial charge in [0, 0.05) is 11.6 Å². The van der Waals surface area contributed by atoms with Crippen molar-refractivity contribution in [1.29, 1.82) is 0 Å². The third kappa shape index (κ3) is 5.40. The van der Waals surface area contributed by atoms with Crippen LogP contribution in [0.1, 0.15) is 31.4 Å². The number of hydrogen-bond acceptors (Lipinski definition) is 4. The molecule has 28 heavy (non-hydrogen) atoms. The fourth-order valence-electron chi connectivity index (χ4n) is 3.47. The Morgan fingerprint density at radius 1 is 1.14 bits per heavy atom. The van der Waals surface area contributed by atoms with Gasteiger partial charge in [-0.15, -0.1) is 0 Å². The van der Waals surface area contributed by atoms with Crippen molar-refractivity contribution in [1.82, 2.24) is 10.2 Å². The Labute approximate surface area is 171 Å².